The molecule has 3 rings (SSSR count). The van der Waals surface area contributed by atoms with Gasteiger partial charge in [0.15, 0.2) is 0 Å². The first kappa shape index (κ1) is 24.2. The van der Waals surface area contributed by atoms with Crippen LogP contribution in [0.2, 0.25) is 0 Å². The lowest BCUT2D eigenvalue weighted by atomic mass is 9.87. The highest BCUT2D eigenvalue weighted by Crippen LogP contribution is 2.39. The predicted molar refractivity (Wildman–Crippen MR) is 120 cm³/mol. The minimum absolute atomic E-state index is 0.00331. The van der Waals surface area contributed by atoms with Crippen LogP contribution in [0.25, 0.3) is 0 Å². The highest BCUT2D eigenvalue weighted by Gasteiger charge is 2.41. The van der Waals surface area contributed by atoms with Crippen molar-refractivity contribution in [2.45, 2.75) is 6.92 Å². The van der Waals surface area contributed by atoms with Crippen LogP contribution in [-0.2, 0) is 9.59 Å². The number of allylic oxidation sites excluding steroid dienone is 2. The van der Waals surface area contributed by atoms with E-state index >= 15 is 0 Å². The number of nitrogens with zero attached hydrogens (tertiary/aromatic N) is 4. The largest absolute Gasteiger partial charge is 0.496 e. The van der Waals surface area contributed by atoms with E-state index in [0.717, 1.165) is 0 Å². The normalized spacial score (nSPS) is 16.5. The fourth-order valence-corrected chi connectivity index (χ4v) is 4.18. The summed E-state index contributed by atoms with van der Waals surface area (Å²) in [6.07, 6.45) is 0. The zero-order chi connectivity index (χ0) is 24.4. The molecule has 0 atom stereocenters. The Balaban J connectivity index is 1.95. The average Bonchev–Trinajstić information content (AvgIpc) is 2.79. The molecule has 1 heterocycles. The Morgan fingerprint density at radius 1 is 0.879 bits per heavy atom. The van der Waals surface area contributed by atoms with Crippen molar-refractivity contribution < 1.29 is 28.7 Å². The maximum absolute atomic E-state index is 13.7. The zero-order valence-electron chi connectivity index (χ0n) is 19.9. The van der Waals surface area contributed by atoms with Crippen LogP contribution in [0.15, 0.2) is 23.5 Å². The fourth-order valence-electron chi connectivity index (χ4n) is 4.18. The van der Waals surface area contributed by atoms with Gasteiger partial charge in [-0.25, -0.2) is 0 Å². The maximum atomic E-state index is 13.7. The number of Topliss-reactive ketones (excluding diaryl/α,β-unsaturated/α-hetero) is 2. The van der Waals surface area contributed by atoms with Gasteiger partial charge in [-0.1, -0.05) is 0 Å². The van der Waals surface area contributed by atoms with Gasteiger partial charge in [-0.2, -0.15) is 0 Å². The van der Waals surface area contributed by atoms with Gasteiger partial charge in [0.05, 0.1) is 31.9 Å². The molecule has 1 aromatic rings. The predicted octanol–water partition coefficient (Wildman–Crippen LogP) is 0.479. The number of ether oxygens (including phenoxy) is 2. The summed E-state index contributed by atoms with van der Waals surface area (Å²) in [5.41, 5.74) is 0.306. The number of benzene rings is 1. The van der Waals surface area contributed by atoms with Crippen molar-refractivity contribution in [1.29, 1.82) is 0 Å². The first-order valence-electron chi connectivity index (χ1n) is 10.6. The van der Waals surface area contributed by atoms with Crippen LogP contribution in [-0.4, -0.2) is 111 Å². The van der Waals surface area contributed by atoms with Gasteiger partial charge in [-0.15, -0.1) is 0 Å². The van der Waals surface area contributed by atoms with E-state index in [4.69, 9.17) is 9.47 Å². The number of amides is 2. The number of fused-ring (bicyclic) bond motifs is 1. The van der Waals surface area contributed by atoms with Crippen LogP contribution in [0.4, 0.5) is 0 Å². The number of methoxy groups -OCH3 is 2. The lowest BCUT2D eigenvalue weighted by molar-refractivity contribution is -0.132. The van der Waals surface area contributed by atoms with Crippen LogP contribution >= 0.6 is 0 Å². The first-order valence-corrected chi connectivity index (χ1v) is 10.6. The summed E-state index contributed by atoms with van der Waals surface area (Å²) in [6, 6.07) is 3.15. The van der Waals surface area contributed by atoms with Gasteiger partial charge in [0, 0.05) is 54.2 Å². The van der Waals surface area contributed by atoms with Crippen molar-refractivity contribution in [3.8, 4) is 11.5 Å². The first-order chi connectivity index (χ1) is 15.6. The molecule has 1 aliphatic carbocycles. The second kappa shape index (κ2) is 9.62. The highest BCUT2D eigenvalue weighted by atomic mass is 16.5. The Morgan fingerprint density at radius 3 is 1.79 bits per heavy atom. The van der Waals surface area contributed by atoms with Gasteiger partial charge in [-0.05, 0) is 12.1 Å². The molecule has 0 spiro atoms. The molecule has 10 heteroatoms. The standard InChI is InChI=1S/C23H30N4O6/c1-14(28)27-11-9-26(10-12-27)13-17(29)25(4)21-20(24(2)3)22(30)18-15(32-5)7-8-16(33-6)19(18)23(21)31/h7-8H,9-13H2,1-6H3. The molecule has 0 radical (unpaired) electrons. The van der Waals surface area contributed by atoms with E-state index in [1.54, 1.807) is 31.1 Å². The van der Waals surface area contributed by atoms with Crippen LogP contribution in [0.3, 0.4) is 0 Å². The summed E-state index contributed by atoms with van der Waals surface area (Å²) < 4.78 is 10.7. The van der Waals surface area contributed by atoms with Gasteiger partial charge >= 0.3 is 0 Å². The van der Waals surface area contributed by atoms with Gasteiger partial charge in [0.25, 0.3) is 0 Å². The number of carbonyl (C=O) groups excluding carboxylic acids is 4. The van der Waals surface area contributed by atoms with Crippen LogP contribution in [0.5, 0.6) is 11.5 Å². The van der Waals surface area contributed by atoms with Crippen LogP contribution < -0.4 is 9.47 Å². The summed E-state index contributed by atoms with van der Waals surface area (Å²) in [7, 11) is 7.64. The SMILES string of the molecule is COc1ccc(OC)c2c1C(=O)C(N(C)C)=C(N(C)C(=O)CN1CCN(C(C)=O)CC1)C2=O. The highest BCUT2D eigenvalue weighted by molar-refractivity contribution is 6.29. The van der Waals surface area contributed by atoms with E-state index in [1.165, 1.54) is 38.0 Å². The number of piperazine rings is 1. The summed E-state index contributed by atoms with van der Waals surface area (Å²) >= 11 is 0. The third-order valence-electron chi connectivity index (χ3n) is 6.01. The smallest absolute Gasteiger partial charge is 0.241 e. The Bertz CT molecular complexity index is 1020. The second-order valence-corrected chi connectivity index (χ2v) is 8.20. The molecule has 2 aliphatic rings. The molecule has 0 N–H and O–H groups in total. The van der Waals surface area contributed by atoms with Crippen LogP contribution in [0, 0.1) is 0 Å². The molecule has 0 bridgehead atoms. The molecule has 10 nitrogen and oxygen atoms in total. The lowest BCUT2D eigenvalue weighted by Crippen LogP contribution is -2.51. The Kier molecular flexibility index (Phi) is 7.06. The van der Waals surface area contributed by atoms with E-state index in [2.05, 4.69) is 0 Å². The summed E-state index contributed by atoms with van der Waals surface area (Å²) in [6.45, 7) is 3.78. The number of carbonyl (C=O) groups is 4. The van der Waals surface area contributed by atoms with E-state index in [9.17, 15) is 19.2 Å². The maximum Gasteiger partial charge on any atom is 0.241 e. The topological polar surface area (TPSA) is 99.7 Å². The van der Waals surface area contributed by atoms with Gasteiger partial charge in [0.2, 0.25) is 23.4 Å². The zero-order valence-corrected chi connectivity index (χ0v) is 19.9. The third-order valence-corrected chi connectivity index (χ3v) is 6.01. The fraction of sp³-hybridized carbons (Fsp3) is 0.478. The number of likely N-dealkylation sites (N-methyl/N-ethyl adjacent to an activating group) is 2. The van der Waals surface area contributed by atoms with Gasteiger partial charge in [-0.3, -0.25) is 24.1 Å². The van der Waals surface area contributed by atoms with Crippen molar-refractivity contribution in [2.75, 3.05) is 68.1 Å². The Hall–Kier alpha value is -3.40. The molecule has 1 fully saturated rings. The van der Waals surface area contributed by atoms with Crippen molar-refractivity contribution in [2.24, 2.45) is 0 Å². The van der Waals surface area contributed by atoms with Crippen molar-refractivity contribution in [1.82, 2.24) is 19.6 Å². The molecular weight excluding hydrogens is 428 g/mol. The molecule has 2 amide bonds. The number of hydrogen-bond acceptors (Lipinski definition) is 8. The molecule has 1 aromatic carbocycles. The monoisotopic (exact) mass is 458 g/mol. The van der Waals surface area contributed by atoms with E-state index in [0.29, 0.717) is 26.2 Å². The third kappa shape index (κ3) is 4.43. The van der Waals surface area contributed by atoms with Gasteiger partial charge in [0.1, 0.15) is 22.9 Å². The molecule has 178 valence electrons. The van der Waals surface area contributed by atoms with E-state index in [-0.39, 0.29) is 52.4 Å². The summed E-state index contributed by atoms with van der Waals surface area (Å²) in [5.74, 6) is -0.725. The van der Waals surface area contributed by atoms with Gasteiger partial charge < -0.3 is 24.2 Å². The minimum Gasteiger partial charge on any atom is -0.496 e. The number of ketones is 2. The Morgan fingerprint density at radius 2 is 1.36 bits per heavy atom. The summed E-state index contributed by atoms with van der Waals surface area (Å²) in [4.78, 5) is 58.3. The average molecular weight is 459 g/mol. The van der Waals surface area contributed by atoms with Crippen LogP contribution in [0.1, 0.15) is 27.6 Å². The number of rotatable bonds is 6. The van der Waals surface area contributed by atoms with Crippen molar-refractivity contribution >= 4 is 23.4 Å². The molecule has 33 heavy (non-hydrogen) atoms. The number of hydrogen-bond donors (Lipinski definition) is 0. The minimum atomic E-state index is -0.485. The second-order valence-electron chi connectivity index (χ2n) is 8.20. The quantitative estimate of drug-likeness (QED) is 0.607. The Labute approximate surface area is 193 Å². The lowest BCUT2D eigenvalue weighted by Gasteiger charge is -2.35. The molecule has 0 unspecified atom stereocenters. The van der Waals surface area contributed by atoms with Crippen molar-refractivity contribution in [3.63, 3.8) is 0 Å². The molecule has 1 aliphatic heterocycles. The van der Waals surface area contributed by atoms with E-state index in [1.807, 2.05) is 4.90 Å². The summed E-state index contributed by atoms with van der Waals surface area (Å²) in [5, 5.41) is 0. The van der Waals surface area contributed by atoms with Crippen molar-refractivity contribution in [3.05, 3.63) is 34.7 Å². The molecule has 0 saturated carbocycles. The molecule has 1 saturated heterocycles. The van der Waals surface area contributed by atoms with E-state index < -0.39 is 11.6 Å². The molecule has 0 aromatic heterocycles. The molecular formula is C23H30N4O6.